The molecule has 0 fully saturated rings. The molecule has 0 aliphatic carbocycles. The Bertz CT molecular complexity index is 1590. The number of nitrogens with one attached hydrogen (secondary N) is 2. The molecule has 2 N–H and O–H groups in total. The van der Waals surface area contributed by atoms with E-state index in [0.717, 1.165) is 28.9 Å². The average Bonchev–Trinajstić information content (AvgIpc) is 3.28. The number of rotatable bonds is 8. The molecule has 0 spiro atoms. The fraction of sp³-hybridized carbons (Fsp3) is 0.250. The molecule has 0 unspecified atom stereocenters. The van der Waals surface area contributed by atoms with Crippen LogP contribution in [0.15, 0.2) is 53.3 Å². The molecule has 2 heterocycles. The van der Waals surface area contributed by atoms with E-state index >= 15 is 0 Å². The number of nitrogens with zero attached hydrogens (tertiary/aromatic N) is 2. The van der Waals surface area contributed by atoms with E-state index in [4.69, 9.17) is 4.74 Å². The van der Waals surface area contributed by atoms with Gasteiger partial charge in [0.05, 0.1) is 12.2 Å². The summed E-state index contributed by atoms with van der Waals surface area (Å²) in [5.74, 6) is -1.65. The molecule has 0 atom stereocenters. The van der Waals surface area contributed by atoms with Crippen LogP contribution in [0.5, 0.6) is 0 Å². The van der Waals surface area contributed by atoms with Gasteiger partial charge >= 0.3 is 5.97 Å². The third-order valence-electron chi connectivity index (χ3n) is 6.01. The Balaban J connectivity index is 1.75. The second-order valence-corrected chi connectivity index (χ2v) is 9.66. The van der Waals surface area contributed by atoms with Crippen LogP contribution in [0.25, 0.3) is 4.96 Å². The number of ether oxygens (including phenoxy) is 1. The Hall–Kier alpha value is -4.31. The van der Waals surface area contributed by atoms with Gasteiger partial charge in [0.15, 0.2) is 4.96 Å². The smallest absolute Gasteiger partial charge is 0.338 e. The zero-order valence-electron chi connectivity index (χ0n) is 21.6. The van der Waals surface area contributed by atoms with Crippen LogP contribution < -0.4 is 16.2 Å². The van der Waals surface area contributed by atoms with Gasteiger partial charge in [0.2, 0.25) is 0 Å². The molecule has 2 aromatic carbocycles. The van der Waals surface area contributed by atoms with E-state index in [9.17, 15) is 19.2 Å². The van der Waals surface area contributed by atoms with Crippen molar-refractivity contribution in [1.82, 2.24) is 9.38 Å². The van der Waals surface area contributed by atoms with Gasteiger partial charge in [0, 0.05) is 23.1 Å². The molecule has 196 valence electrons. The van der Waals surface area contributed by atoms with E-state index in [1.807, 2.05) is 32.9 Å². The molecule has 0 radical (unpaired) electrons. The number of thiazole rings is 1. The number of carbonyl (C=O) groups excluding carboxylic acids is 3. The summed E-state index contributed by atoms with van der Waals surface area (Å²) < 4.78 is 6.16. The van der Waals surface area contributed by atoms with Crippen LogP contribution in [0.1, 0.15) is 67.6 Å². The standard InChI is InChI=1S/C28H28N4O5S/c1-5-8-20-15-22(33)32-23(25(34)29-19-13-11-18(12-14-19)27(36)37-6-2)24(38-28(32)30-20)26(35)31-21-10-7-9-16(3)17(21)4/h7,9-15H,5-6,8H2,1-4H3,(H,29,34)(H,31,35). The number of aryl methyl sites for hydroxylation is 2. The number of carbonyl (C=O) groups is 3. The van der Waals surface area contributed by atoms with Crippen LogP contribution in [0.2, 0.25) is 0 Å². The highest BCUT2D eigenvalue weighted by Gasteiger charge is 2.27. The normalized spacial score (nSPS) is 10.8. The van der Waals surface area contributed by atoms with Gasteiger partial charge < -0.3 is 15.4 Å². The molecule has 2 aromatic heterocycles. The van der Waals surface area contributed by atoms with Crippen molar-refractivity contribution in [2.24, 2.45) is 0 Å². The van der Waals surface area contributed by atoms with E-state index in [1.54, 1.807) is 25.1 Å². The molecule has 38 heavy (non-hydrogen) atoms. The molecule has 0 aliphatic heterocycles. The lowest BCUT2D eigenvalue weighted by Crippen LogP contribution is -2.25. The highest BCUT2D eigenvalue weighted by molar-refractivity contribution is 7.19. The molecule has 0 bridgehead atoms. The SMILES string of the molecule is CCCc1cc(=O)n2c(C(=O)Nc3ccc(C(=O)OCC)cc3)c(C(=O)Nc3cccc(C)c3C)sc2n1. The van der Waals surface area contributed by atoms with E-state index in [0.29, 0.717) is 29.1 Å². The zero-order valence-corrected chi connectivity index (χ0v) is 22.4. The third-order valence-corrected chi connectivity index (χ3v) is 7.05. The number of aromatic nitrogens is 2. The first-order chi connectivity index (χ1) is 18.2. The zero-order chi connectivity index (χ0) is 27.4. The van der Waals surface area contributed by atoms with E-state index in [2.05, 4.69) is 15.6 Å². The molecule has 4 aromatic rings. The Morgan fingerprint density at radius 1 is 1.00 bits per heavy atom. The Labute approximate surface area is 223 Å². The quantitative estimate of drug-likeness (QED) is 0.308. The maximum Gasteiger partial charge on any atom is 0.338 e. The molecule has 0 saturated heterocycles. The van der Waals surface area contributed by atoms with Crippen molar-refractivity contribution in [3.8, 4) is 0 Å². The van der Waals surface area contributed by atoms with Crippen molar-refractivity contribution in [3.05, 3.63) is 91.8 Å². The minimum Gasteiger partial charge on any atom is -0.462 e. The van der Waals surface area contributed by atoms with E-state index < -0.39 is 23.3 Å². The van der Waals surface area contributed by atoms with Gasteiger partial charge in [-0.15, -0.1) is 0 Å². The lowest BCUT2D eigenvalue weighted by atomic mass is 10.1. The summed E-state index contributed by atoms with van der Waals surface area (Å²) in [6.45, 7) is 7.78. The largest absolute Gasteiger partial charge is 0.462 e. The van der Waals surface area contributed by atoms with Crippen molar-refractivity contribution in [2.75, 3.05) is 17.2 Å². The molecule has 0 saturated carbocycles. The summed E-state index contributed by atoms with van der Waals surface area (Å²) in [7, 11) is 0. The number of esters is 1. The summed E-state index contributed by atoms with van der Waals surface area (Å²) in [6.07, 6.45) is 1.39. The second kappa shape index (κ2) is 11.4. The number of fused-ring (bicyclic) bond motifs is 1. The summed E-state index contributed by atoms with van der Waals surface area (Å²) in [6, 6.07) is 13.1. The predicted molar refractivity (Wildman–Crippen MR) is 148 cm³/mol. The van der Waals surface area contributed by atoms with Crippen LogP contribution in [-0.4, -0.2) is 33.8 Å². The number of hydrogen-bond acceptors (Lipinski definition) is 7. The number of anilines is 2. The van der Waals surface area contributed by atoms with Gasteiger partial charge in [-0.3, -0.25) is 14.4 Å². The first-order valence-electron chi connectivity index (χ1n) is 12.2. The van der Waals surface area contributed by atoms with Crippen molar-refractivity contribution in [1.29, 1.82) is 0 Å². The number of amides is 2. The Kier molecular flexibility index (Phi) is 8.02. The predicted octanol–water partition coefficient (Wildman–Crippen LogP) is 5.01. The molecule has 10 heteroatoms. The van der Waals surface area contributed by atoms with E-state index in [1.165, 1.54) is 22.6 Å². The molecular formula is C28H28N4O5S. The lowest BCUT2D eigenvalue weighted by Gasteiger charge is -2.11. The molecule has 4 rings (SSSR count). The van der Waals surface area contributed by atoms with Gasteiger partial charge in [-0.1, -0.05) is 36.8 Å². The first kappa shape index (κ1) is 26.7. The van der Waals surface area contributed by atoms with Gasteiger partial charge in [-0.25, -0.2) is 14.2 Å². The first-order valence-corrected chi connectivity index (χ1v) is 13.1. The van der Waals surface area contributed by atoms with Crippen molar-refractivity contribution < 1.29 is 19.1 Å². The summed E-state index contributed by atoms with van der Waals surface area (Å²) >= 11 is 0.984. The van der Waals surface area contributed by atoms with E-state index in [-0.39, 0.29) is 22.1 Å². The summed E-state index contributed by atoms with van der Waals surface area (Å²) in [4.78, 5) is 56.8. The van der Waals surface area contributed by atoms with Crippen molar-refractivity contribution >= 4 is 45.5 Å². The van der Waals surface area contributed by atoms with Gasteiger partial charge in [-0.05, 0) is 68.7 Å². The fourth-order valence-electron chi connectivity index (χ4n) is 3.92. The van der Waals surface area contributed by atoms with Crippen LogP contribution in [-0.2, 0) is 11.2 Å². The fourth-order valence-corrected chi connectivity index (χ4v) is 4.97. The number of benzene rings is 2. The molecule has 2 amide bonds. The molecule has 9 nitrogen and oxygen atoms in total. The summed E-state index contributed by atoms with van der Waals surface area (Å²) in [5.41, 5.74) is 3.28. The minimum absolute atomic E-state index is 0.0600. The molecular weight excluding hydrogens is 504 g/mol. The maximum atomic E-state index is 13.5. The van der Waals surface area contributed by atoms with Gasteiger partial charge in [0.25, 0.3) is 17.4 Å². The summed E-state index contributed by atoms with van der Waals surface area (Å²) in [5, 5.41) is 5.60. The van der Waals surface area contributed by atoms with Crippen LogP contribution in [0.4, 0.5) is 11.4 Å². The topological polar surface area (TPSA) is 119 Å². The van der Waals surface area contributed by atoms with Crippen molar-refractivity contribution in [3.63, 3.8) is 0 Å². The lowest BCUT2D eigenvalue weighted by molar-refractivity contribution is 0.0526. The Morgan fingerprint density at radius 3 is 2.42 bits per heavy atom. The monoisotopic (exact) mass is 532 g/mol. The van der Waals surface area contributed by atoms with Gasteiger partial charge in [-0.2, -0.15) is 0 Å². The average molecular weight is 533 g/mol. The maximum absolute atomic E-state index is 13.5. The number of hydrogen-bond donors (Lipinski definition) is 2. The molecule has 0 aliphatic rings. The van der Waals surface area contributed by atoms with Crippen LogP contribution >= 0.6 is 11.3 Å². The second-order valence-electron chi connectivity index (χ2n) is 8.69. The Morgan fingerprint density at radius 2 is 1.74 bits per heavy atom. The van der Waals surface area contributed by atoms with Crippen molar-refractivity contribution in [2.45, 2.75) is 40.5 Å². The minimum atomic E-state index is -0.654. The van der Waals surface area contributed by atoms with Crippen LogP contribution in [0, 0.1) is 13.8 Å². The van der Waals surface area contributed by atoms with Gasteiger partial charge in [0.1, 0.15) is 10.6 Å². The van der Waals surface area contributed by atoms with Crippen LogP contribution in [0.3, 0.4) is 0 Å². The highest BCUT2D eigenvalue weighted by atomic mass is 32.1. The third kappa shape index (κ3) is 5.50. The highest BCUT2D eigenvalue weighted by Crippen LogP contribution is 2.26.